The fraction of sp³-hybridized carbons (Fsp3) is 0.0588. The molecule has 0 aliphatic heterocycles. The van der Waals surface area contributed by atoms with Gasteiger partial charge in [0.2, 0.25) is 0 Å². The Balaban J connectivity index is 2.02. The number of anilines is 1. The number of hydrogen-bond acceptors (Lipinski definition) is 5. The van der Waals surface area contributed by atoms with Gasteiger partial charge in [-0.2, -0.15) is 0 Å². The van der Waals surface area contributed by atoms with Gasteiger partial charge in [0, 0.05) is 15.9 Å². The third-order valence-electron chi connectivity index (χ3n) is 3.54. The molecule has 2 aromatic carbocycles. The third kappa shape index (κ3) is 3.43. The number of carbonyl (C=O) groups excluding carboxylic acids is 1. The largest absolute Gasteiger partial charge is 0.422 e. The molecule has 1 amide bonds. The van der Waals surface area contributed by atoms with Crippen molar-refractivity contribution in [3.63, 3.8) is 0 Å². The number of nitrogens with zero attached hydrogens (tertiary/aromatic N) is 1. The summed E-state index contributed by atoms with van der Waals surface area (Å²) in [5.41, 5.74) is -0.274. The van der Waals surface area contributed by atoms with Crippen LogP contribution in [-0.2, 0) is 0 Å². The molecule has 1 N–H and O–H groups in total. The maximum Gasteiger partial charge on any atom is 0.349 e. The van der Waals surface area contributed by atoms with E-state index in [0.717, 1.165) is 4.47 Å². The second kappa shape index (κ2) is 6.48. The van der Waals surface area contributed by atoms with Gasteiger partial charge < -0.3 is 9.73 Å². The summed E-state index contributed by atoms with van der Waals surface area (Å²) in [6.07, 6.45) is 0. The van der Waals surface area contributed by atoms with Gasteiger partial charge in [0.25, 0.3) is 11.6 Å². The molecule has 0 saturated carbocycles. The molecular formula is C17H11BrN2O5. The number of nitrogens with one attached hydrogen (secondary N) is 1. The van der Waals surface area contributed by atoms with E-state index in [2.05, 4.69) is 21.2 Å². The lowest BCUT2D eigenvalue weighted by Crippen LogP contribution is -2.21. The molecule has 7 nitrogen and oxygen atoms in total. The second-order valence-corrected chi connectivity index (χ2v) is 6.28. The number of rotatable bonds is 3. The average Bonchev–Trinajstić information content (AvgIpc) is 2.56. The van der Waals surface area contributed by atoms with E-state index in [9.17, 15) is 19.7 Å². The van der Waals surface area contributed by atoms with E-state index in [1.807, 2.05) is 0 Å². The van der Waals surface area contributed by atoms with E-state index in [0.29, 0.717) is 16.5 Å². The van der Waals surface area contributed by atoms with Crippen LogP contribution in [0.3, 0.4) is 0 Å². The molecule has 1 heterocycles. The topological polar surface area (TPSA) is 102 Å². The first-order valence-electron chi connectivity index (χ1n) is 7.15. The Morgan fingerprint density at radius 3 is 2.68 bits per heavy atom. The molecular weight excluding hydrogens is 392 g/mol. The molecule has 0 spiro atoms. The van der Waals surface area contributed by atoms with Crippen molar-refractivity contribution in [3.05, 3.63) is 78.6 Å². The van der Waals surface area contributed by atoms with Crippen LogP contribution in [0.2, 0.25) is 0 Å². The van der Waals surface area contributed by atoms with Crippen LogP contribution in [0.25, 0.3) is 11.0 Å². The summed E-state index contributed by atoms with van der Waals surface area (Å²) in [6, 6.07) is 10.8. The van der Waals surface area contributed by atoms with Crippen molar-refractivity contribution in [2.45, 2.75) is 6.92 Å². The van der Waals surface area contributed by atoms with Gasteiger partial charge in [-0.3, -0.25) is 14.9 Å². The first-order chi connectivity index (χ1) is 11.8. The number of nitro benzene ring substituents is 1. The van der Waals surface area contributed by atoms with E-state index < -0.39 is 16.5 Å². The van der Waals surface area contributed by atoms with Crippen molar-refractivity contribution in [1.29, 1.82) is 0 Å². The molecule has 0 unspecified atom stereocenters. The summed E-state index contributed by atoms with van der Waals surface area (Å²) < 4.78 is 5.89. The predicted octanol–water partition coefficient (Wildman–Crippen LogP) is 4.02. The Morgan fingerprint density at radius 2 is 1.96 bits per heavy atom. The van der Waals surface area contributed by atoms with Gasteiger partial charge in [0.05, 0.1) is 4.92 Å². The lowest BCUT2D eigenvalue weighted by molar-refractivity contribution is -0.384. The number of hydrogen-bond donors (Lipinski definition) is 1. The van der Waals surface area contributed by atoms with Crippen molar-refractivity contribution in [2.24, 2.45) is 0 Å². The van der Waals surface area contributed by atoms with Gasteiger partial charge in [-0.15, -0.1) is 0 Å². The summed E-state index contributed by atoms with van der Waals surface area (Å²) in [6.45, 7) is 1.70. The molecule has 0 radical (unpaired) electrons. The summed E-state index contributed by atoms with van der Waals surface area (Å²) in [5, 5.41) is 14.1. The highest BCUT2D eigenvalue weighted by atomic mass is 79.9. The van der Waals surface area contributed by atoms with Crippen LogP contribution < -0.4 is 10.9 Å². The van der Waals surface area contributed by atoms with E-state index in [4.69, 9.17) is 4.42 Å². The minimum atomic E-state index is -0.818. The number of nitro groups is 1. The highest BCUT2D eigenvalue weighted by molar-refractivity contribution is 9.10. The zero-order valence-corrected chi connectivity index (χ0v) is 14.5. The fourth-order valence-corrected chi connectivity index (χ4v) is 2.72. The highest BCUT2D eigenvalue weighted by Crippen LogP contribution is 2.26. The molecule has 126 valence electrons. The van der Waals surface area contributed by atoms with Crippen molar-refractivity contribution >= 4 is 44.2 Å². The third-order valence-corrected chi connectivity index (χ3v) is 4.03. The Bertz CT molecular complexity index is 1070. The van der Waals surface area contributed by atoms with Crippen LogP contribution in [-0.4, -0.2) is 10.8 Å². The monoisotopic (exact) mass is 402 g/mol. The normalized spacial score (nSPS) is 10.6. The molecule has 3 rings (SSSR count). The molecule has 8 heteroatoms. The highest BCUT2D eigenvalue weighted by Gasteiger charge is 2.19. The van der Waals surface area contributed by atoms with E-state index >= 15 is 0 Å². The van der Waals surface area contributed by atoms with Crippen LogP contribution >= 0.6 is 15.9 Å². The van der Waals surface area contributed by atoms with Crippen molar-refractivity contribution in [3.8, 4) is 0 Å². The van der Waals surface area contributed by atoms with Gasteiger partial charge in [0.15, 0.2) is 0 Å². The Morgan fingerprint density at radius 1 is 1.20 bits per heavy atom. The van der Waals surface area contributed by atoms with Crippen molar-refractivity contribution in [2.75, 3.05) is 5.32 Å². The van der Waals surface area contributed by atoms with Gasteiger partial charge in [-0.05, 0) is 42.8 Å². The molecule has 25 heavy (non-hydrogen) atoms. The van der Waals surface area contributed by atoms with Crippen molar-refractivity contribution in [1.82, 2.24) is 0 Å². The number of fused-ring (bicyclic) bond motifs is 1. The Labute approximate surface area is 149 Å². The zero-order valence-electron chi connectivity index (χ0n) is 12.9. The van der Waals surface area contributed by atoms with E-state index in [1.54, 1.807) is 31.2 Å². The summed E-state index contributed by atoms with van der Waals surface area (Å²) >= 11 is 3.30. The van der Waals surface area contributed by atoms with E-state index in [-0.39, 0.29) is 16.9 Å². The quantitative estimate of drug-likeness (QED) is 0.404. The molecule has 0 bridgehead atoms. The predicted molar refractivity (Wildman–Crippen MR) is 96.0 cm³/mol. The molecule has 0 saturated heterocycles. The van der Waals surface area contributed by atoms with Crippen LogP contribution in [0, 0.1) is 17.0 Å². The number of halogens is 1. The molecule has 1 aromatic heterocycles. The molecule has 0 aliphatic carbocycles. The van der Waals surface area contributed by atoms with Gasteiger partial charge >= 0.3 is 5.63 Å². The molecule has 0 aliphatic rings. The Hall–Kier alpha value is -3.00. The van der Waals surface area contributed by atoms with Gasteiger partial charge in [-0.25, -0.2) is 4.79 Å². The first kappa shape index (κ1) is 16.8. The molecule has 0 fully saturated rings. The number of amides is 1. The van der Waals surface area contributed by atoms with Gasteiger partial charge in [0.1, 0.15) is 16.8 Å². The van der Waals surface area contributed by atoms with Gasteiger partial charge in [-0.1, -0.05) is 22.0 Å². The summed E-state index contributed by atoms with van der Waals surface area (Å²) in [7, 11) is 0. The second-order valence-electron chi connectivity index (χ2n) is 5.36. The number of benzene rings is 2. The number of aryl methyl sites for hydroxylation is 1. The lowest BCUT2D eigenvalue weighted by atomic mass is 10.1. The minimum absolute atomic E-state index is 0.00865. The maximum atomic E-state index is 12.4. The lowest BCUT2D eigenvalue weighted by Gasteiger charge is -2.07. The molecule has 3 aromatic rings. The van der Waals surface area contributed by atoms with E-state index in [1.165, 1.54) is 18.2 Å². The molecule has 0 atom stereocenters. The first-order valence-corrected chi connectivity index (χ1v) is 7.94. The summed E-state index contributed by atoms with van der Waals surface area (Å²) in [5.74, 6) is -0.775. The average molecular weight is 403 g/mol. The Kier molecular flexibility index (Phi) is 4.37. The standard InChI is InChI=1S/C17H11BrN2O5/c1-9-2-4-13(14(6-9)20(23)24)19-16(21)12-8-10-7-11(18)3-5-15(10)25-17(12)22/h2-8H,1H3,(H,19,21). The van der Waals surface area contributed by atoms with Crippen LogP contribution in [0.4, 0.5) is 11.4 Å². The maximum absolute atomic E-state index is 12.4. The summed E-state index contributed by atoms with van der Waals surface area (Å²) in [4.78, 5) is 35.0. The van der Waals surface area contributed by atoms with Crippen LogP contribution in [0.15, 0.2) is 56.1 Å². The SMILES string of the molecule is Cc1ccc(NC(=O)c2cc3cc(Br)ccc3oc2=O)c([N+](=O)[O-])c1. The van der Waals surface area contributed by atoms with Crippen LogP contribution in [0.5, 0.6) is 0 Å². The zero-order chi connectivity index (χ0) is 18.1. The number of carbonyl (C=O) groups is 1. The fourth-order valence-electron chi connectivity index (χ4n) is 2.34. The van der Waals surface area contributed by atoms with Crippen molar-refractivity contribution < 1.29 is 14.1 Å². The smallest absolute Gasteiger partial charge is 0.349 e. The van der Waals surface area contributed by atoms with Crippen LogP contribution in [0.1, 0.15) is 15.9 Å². The minimum Gasteiger partial charge on any atom is -0.422 e.